The Bertz CT molecular complexity index is 1100. The van der Waals surface area contributed by atoms with E-state index in [4.69, 9.17) is 0 Å². The average Bonchev–Trinajstić information content (AvgIpc) is 3.30. The number of aromatic amines is 1. The first-order valence-corrected chi connectivity index (χ1v) is 8.62. The van der Waals surface area contributed by atoms with Gasteiger partial charge in [0, 0.05) is 28.8 Å². The number of carbonyl (C=O) groups is 1. The van der Waals surface area contributed by atoms with Gasteiger partial charge in [-0.2, -0.15) is 0 Å². The maximum Gasteiger partial charge on any atom is 0.324 e. The van der Waals surface area contributed by atoms with Crippen LogP contribution in [0, 0.1) is 0 Å². The van der Waals surface area contributed by atoms with E-state index in [-0.39, 0.29) is 12.1 Å². The van der Waals surface area contributed by atoms with Crippen molar-refractivity contribution in [3.05, 3.63) is 55.0 Å². The molecule has 8 nitrogen and oxygen atoms in total. The minimum atomic E-state index is -0.361. The zero-order valence-corrected chi connectivity index (χ0v) is 15.0. The fourth-order valence-electron chi connectivity index (χ4n) is 2.84. The molecule has 3 N–H and O–H groups in total. The number of pyridine rings is 1. The van der Waals surface area contributed by atoms with Gasteiger partial charge in [0.15, 0.2) is 5.82 Å². The molecule has 4 aromatic rings. The number of H-pyrrole nitrogens is 1. The molecule has 3 heterocycles. The van der Waals surface area contributed by atoms with E-state index in [9.17, 15) is 4.79 Å². The molecule has 0 saturated heterocycles. The summed E-state index contributed by atoms with van der Waals surface area (Å²) in [5.41, 5.74) is 2.37. The monoisotopic (exact) mass is 361 g/mol. The molecule has 0 radical (unpaired) electrons. The fraction of sp³-hybridized carbons (Fsp3) is 0.158. The molecule has 0 aliphatic carbocycles. The lowest BCUT2D eigenvalue weighted by Crippen LogP contribution is -2.20. The van der Waals surface area contributed by atoms with Crippen molar-refractivity contribution in [3.63, 3.8) is 0 Å². The Kier molecular flexibility index (Phi) is 4.29. The lowest BCUT2D eigenvalue weighted by molar-refractivity contribution is 0.262. The minimum absolute atomic E-state index is 0.208. The smallest absolute Gasteiger partial charge is 0.324 e. The number of nitrogens with zero attached hydrogens (tertiary/aromatic N) is 4. The molecule has 0 aliphatic heterocycles. The van der Waals surface area contributed by atoms with E-state index in [2.05, 4.69) is 30.8 Å². The topological polar surface area (TPSA) is 101 Å². The summed E-state index contributed by atoms with van der Waals surface area (Å²) < 4.78 is 1.93. The predicted molar refractivity (Wildman–Crippen MR) is 105 cm³/mol. The van der Waals surface area contributed by atoms with Crippen LogP contribution in [0.15, 0.2) is 55.0 Å². The standard InChI is InChI=1S/C19H19N7O/c1-12(2)26-11-21-25-18(26)16-4-3-5-17(23-16)24-19(27)22-14-6-7-15-13(10-14)8-9-20-15/h3-12,20H,1-2H3,(H2,22,23,24,27). The highest BCUT2D eigenvalue weighted by molar-refractivity contribution is 6.00. The first-order chi connectivity index (χ1) is 13.1. The molecule has 0 bridgehead atoms. The molecule has 4 rings (SSSR count). The van der Waals surface area contributed by atoms with E-state index >= 15 is 0 Å². The molecular formula is C19H19N7O. The summed E-state index contributed by atoms with van der Waals surface area (Å²) in [4.78, 5) is 19.9. The molecule has 0 atom stereocenters. The number of anilines is 2. The van der Waals surface area contributed by atoms with Crippen molar-refractivity contribution >= 4 is 28.4 Å². The van der Waals surface area contributed by atoms with E-state index in [1.54, 1.807) is 12.4 Å². The molecule has 2 amide bonds. The Morgan fingerprint density at radius 1 is 1.15 bits per heavy atom. The van der Waals surface area contributed by atoms with Gasteiger partial charge in [0.1, 0.15) is 17.8 Å². The highest BCUT2D eigenvalue weighted by Crippen LogP contribution is 2.20. The van der Waals surface area contributed by atoms with E-state index < -0.39 is 0 Å². The lowest BCUT2D eigenvalue weighted by atomic mass is 10.2. The van der Waals surface area contributed by atoms with Crippen molar-refractivity contribution in [2.45, 2.75) is 19.9 Å². The predicted octanol–water partition coefficient (Wildman–Crippen LogP) is 4.05. The van der Waals surface area contributed by atoms with Gasteiger partial charge in [-0.3, -0.25) is 5.32 Å². The third-order valence-corrected chi connectivity index (χ3v) is 4.16. The molecule has 0 saturated carbocycles. The van der Waals surface area contributed by atoms with Gasteiger partial charge in [-0.25, -0.2) is 9.78 Å². The van der Waals surface area contributed by atoms with Gasteiger partial charge >= 0.3 is 6.03 Å². The third kappa shape index (κ3) is 3.50. The lowest BCUT2D eigenvalue weighted by Gasteiger charge is -2.11. The summed E-state index contributed by atoms with van der Waals surface area (Å²) in [5.74, 6) is 1.10. The van der Waals surface area contributed by atoms with Crippen molar-refractivity contribution < 1.29 is 4.79 Å². The first-order valence-electron chi connectivity index (χ1n) is 8.62. The maximum atomic E-state index is 12.3. The van der Waals surface area contributed by atoms with Crippen LogP contribution in [0.5, 0.6) is 0 Å². The third-order valence-electron chi connectivity index (χ3n) is 4.16. The van der Waals surface area contributed by atoms with Crippen molar-refractivity contribution in [1.29, 1.82) is 0 Å². The molecule has 1 aromatic carbocycles. The van der Waals surface area contributed by atoms with Gasteiger partial charge in [0.2, 0.25) is 0 Å². The molecule has 27 heavy (non-hydrogen) atoms. The molecule has 0 fully saturated rings. The Morgan fingerprint density at radius 3 is 2.89 bits per heavy atom. The SMILES string of the molecule is CC(C)n1cnnc1-c1cccc(NC(=O)Nc2ccc3[nH]ccc3c2)n1. The number of amides is 2. The maximum absolute atomic E-state index is 12.3. The van der Waals surface area contributed by atoms with Crippen LogP contribution in [0.2, 0.25) is 0 Å². The van der Waals surface area contributed by atoms with Crippen molar-refractivity contribution in [3.8, 4) is 11.5 Å². The first kappa shape index (κ1) is 16.8. The van der Waals surface area contributed by atoms with Crippen LogP contribution in [0.3, 0.4) is 0 Å². The molecule has 0 unspecified atom stereocenters. The van der Waals surface area contributed by atoms with Crippen LogP contribution in [0.1, 0.15) is 19.9 Å². The summed E-state index contributed by atoms with van der Waals surface area (Å²) in [6.07, 6.45) is 3.53. The van der Waals surface area contributed by atoms with Crippen LogP contribution in [0.25, 0.3) is 22.4 Å². The van der Waals surface area contributed by atoms with E-state index in [1.165, 1.54) is 0 Å². The molecular weight excluding hydrogens is 342 g/mol. The second kappa shape index (κ2) is 6.91. The number of benzene rings is 1. The number of hydrogen-bond acceptors (Lipinski definition) is 4. The highest BCUT2D eigenvalue weighted by atomic mass is 16.2. The van der Waals surface area contributed by atoms with Gasteiger partial charge in [-0.15, -0.1) is 10.2 Å². The Morgan fingerprint density at radius 2 is 2.04 bits per heavy atom. The number of urea groups is 1. The number of fused-ring (bicyclic) bond motifs is 1. The van der Waals surface area contributed by atoms with Crippen LogP contribution < -0.4 is 10.6 Å². The van der Waals surface area contributed by atoms with Crippen LogP contribution in [-0.2, 0) is 0 Å². The Balaban J connectivity index is 1.50. The van der Waals surface area contributed by atoms with Gasteiger partial charge in [-0.05, 0) is 50.2 Å². The van der Waals surface area contributed by atoms with Crippen molar-refractivity contribution in [1.82, 2.24) is 24.7 Å². The van der Waals surface area contributed by atoms with Gasteiger partial charge in [0.25, 0.3) is 0 Å². The van der Waals surface area contributed by atoms with Gasteiger partial charge in [-0.1, -0.05) is 6.07 Å². The Hall–Kier alpha value is -3.68. The van der Waals surface area contributed by atoms with E-state index in [0.29, 0.717) is 23.0 Å². The van der Waals surface area contributed by atoms with Crippen LogP contribution in [-0.4, -0.2) is 30.8 Å². The Labute approximate surface area is 155 Å². The summed E-state index contributed by atoms with van der Waals surface area (Å²) in [6.45, 7) is 4.09. The number of aromatic nitrogens is 5. The minimum Gasteiger partial charge on any atom is -0.361 e. The second-order valence-corrected chi connectivity index (χ2v) is 6.42. The number of hydrogen-bond donors (Lipinski definition) is 3. The van der Waals surface area contributed by atoms with Crippen LogP contribution in [0.4, 0.5) is 16.3 Å². The van der Waals surface area contributed by atoms with Crippen molar-refractivity contribution in [2.75, 3.05) is 10.6 Å². The van der Waals surface area contributed by atoms with Crippen LogP contribution >= 0.6 is 0 Å². The fourth-order valence-corrected chi connectivity index (χ4v) is 2.84. The van der Waals surface area contributed by atoms with E-state index in [0.717, 1.165) is 10.9 Å². The summed E-state index contributed by atoms with van der Waals surface area (Å²) in [6, 6.07) is 12.9. The summed E-state index contributed by atoms with van der Waals surface area (Å²) >= 11 is 0. The summed E-state index contributed by atoms with van der Waals surface area (Å²) in [7, 11) is 0. The van der Waals surface area contributed by atoms with Gasteiger partial charge < -0.3 is 14.9 Å². The molecule has 0 aliphatic rings. The number of carbonyl (C=O) groups excluding carboxylic acids is 1. The normalized spacial score (nSPS) is 11.1. The summed E-state index contributed by atoms with van der Waals surface area (Å²) in [5, 5.41) is 14.7. The largest absolute Gasteiger partial charge is 0.361 e. The average molecular weight is 361 g/mol. The highest BCUT2D eigenvalue weighted by Gasteiger charge is 2.12. The molecule has 136 valence electrons. The molecule has 3 aromatic heterocycles. The quantitative estimate of drug-likeness (QED) is 0.510. The van der Waals surface area contributed by atoms with Gasteiger partial charge in [0.05, 0.1) is 0 Å². The zero-order chi connectivity index (χ0) is 18.8. The zero-order valence-electron chi connectivity index (χ0n) is 15.0. The number of nitrogens with one attached hydrogen (secondary N) is 3. The van der Waals surface area contributed by atoms with Crippen molar-refractivity contribution in [2.24, 2.45) is 0 Å². The number of rotatable bonds is 4. The van der Waals surface area contributed by atoms with E-state index in [1.807, 2.05) is 61.0 Å². The molecule has 0 spiro atoms. The molecule has 8 heteroatoms. The second-order valence-electron chi connectivity index (χ2n) is 6.42.